The van der Waals surface area contributed by atoms with Crippen molar-refractivity contribution >= 4 is 22.8 Å². The van der Waals surface area contributed by atoms with Crippen LogP contribution in [0.25, 0.3) is 11.2 Å². The average Bonchev–Trinajstić information content (AvgIpc) is 3.00. The Morgan fingerprint density at radius 2 is 1.96 bits per heavy atom. The van der Waals surface area contributed by atoms with Gasteiger partial charge in [-0.2, -0.15) is 4.98 Å². The van der Waals surface area contributed by atoms with Crippen molar-refractivity contribution in [1.82, 2.24) is 19.1 Å². The molecule has 0 spiro atoms. The standard InChI is InChI=1S/C18H21N5O3/c1-4-26-13-7-5-12(6-8-13)22-9-11(2)10-23-14-15(19-17(22)23)21(3)18(25)20-16(14)24/h5-8,11H,4,9-10H2,1-3H3,(H,20,24,25). The highest BCUT2D eigenvalue weighted by molar-refractivity contribution is 5.77. The van der Waals surface area contributed by atoms with Gasteiger partial charge in [0.15, 0.2) is 11.2 Å². The van der Waals surface area contributed by atoms with E-state index in [0.29, 0.717) is 36.2 Å². The number of aromatic nitrogens is 4. The van der Waals surface area contributed by atoms with E-state index in [4.69, 9.17) is 4.74 Å². The first-order chi connectivity index (χ1) is 12.5. The summed E-state index contributed by atoms with van der Waals surface area (Å²) in [6.07, 6.45) is 0. The second kappa shape index (κ2) is 6.05. The third kappa shape index (κ3) is 2.49. The van der Waals surface area contributed by atoms with Gasteiger partial charge in [-0.05, 0) is 37.1 Å². The molecule has 0 fully saturated rings. The fourth-order valence-electron chi connectivity index (χ4n) is 3.47. The van der Waals surface area contributed by atoms with Crippen LogP contribution in [0.2, 0.25) is 0 Å². The first kappa shape index (κ1) is 16.4. The van der Waals surface area contributed by atoms with Gasteiger partial charge in [0.1, 0.15) is 5.75 Å². The number of hydrogen-bond donors (Lipinski definition) is 1. The predicted octanol–water partition coefficient (Wildman–Crippen LogP) is 1.61. The van der Waals surface area contributed by atoms with E-state index in [0.717, 1.165) is 18.0 Å². The Morgan fingerprint density at radius 1 is 1.23 bits per heavy atom. The average molecular weight is 355 g/mol. The highest BCUT2D eigenvalue weighted by atomic mass is 16.5. The van der Waals surface area contributed by atoms with Gasteiger partial charge in [0.25, 0.3) is 5.56 Å². The minimum atomic E-state index is -0.460. The number of fused-ring (bicyclic) bond motifs is 3. The van der Waals surface area contributed by atoms with Crippen LogP contribution in [-0.4, -0.2) is 32.3 Å². The van der Waals surface area contributed by atoms with Gasteiger partial charge in [-0.25, -0.2) is 4.79 Å². The van der Waals surface area contributed by atoms with Crippen LogP contribution >= 0.6 is 0 Å². The molecular weight excluding hydrogens is 334 g/mol. The van der Waals surface area contributed by atoms with Gasteiger partial charge in [0, 0.05) is 25.8 Å². The summed E-state index contributed by atoms with van der Waals surface area (Å²) < 4.78 is 8.79. The molecule has 0 saturated heterocycles. The number of aromatic amines is 1. The number of ether oxygens (including phenoxy) is 1. The van der Waals surface area contributed by atoms with Gasteiger partial charge < -0.3 is 14.2 Å². The van der Waals surface area contributed by atoms with Crippen molar-refractivity contribution in [3.05, 3.63) is 45.1 Å². The Morgan fingerprint density at radius 3 is 2.65 bits per heavy atom. The fraction of sp³-hybridized carbons (Fsp3) is 0.389. The zero-order valence-electron chi connectivity index (χ0n) is 15.0. The lowest BCUT2D eigenvalue weighted by molar-refractivity contribution is 0.340. The molecule has 1 aromatic carbocycles. The van der Waals surface area contributed by atoms with E-state index in [1.807, 2.05) is 35.8 Å². The molecule has 1 atom stereocenters. The monoisotopic (exact) mass is 355 g/mol. The summed E-state index contributed by atoms with van der Waals surface area (Å²) in [6, 6.07) is 7.81. The van der Waals surface area contributed by atoms with Crippen molar-refractivity contribution < 1.29 is 4.74 Å². The van der Waals surface area contributed by atoms with E-state index in [2.05, 4.69) is 21.8 Å². The molecule has 0 bridgehead atoms. The van der Waals surface area contributed by atoms with E-state index in [-0.39, 0.29) is 0 Å². The molecule has 3 heterocycles. The van der Waals surface area contributed by atoms with Crippen LogP contribution in [0.15, 0.2) is 33.9 Å². The first-order valence-corrected chi connectivity index (χ1v) is 8.69. The number of benzene rings is 1. The number of anilines is 2. The molecule has 1 unspecified atom stereocenters. The minimum absolute atomic E-state index is 0.322. The van der Waals surface area contributed by atoms with E-state index in [1.165, 1.54) is 4.57 Å². The zero-order chi connectivity index (χ0) is 18.4. The summed E-state index contributed by atoms with van der Waals surface area (Å²) in [5.41, 5.74) is 0.947. The Balaban J connectivity index is 1.89. The maximum absolute atomic E-state index is 12.4. The van der Waals surface area contributed by atoms with Crippen molar-refractivity contribution in [3.63, 3.8) is 0 Å². The van der Waals surface area contributed by atoms with Crippen LogP contribution in [-0.2, 0) is 13.6 Å². The zero-order valence-corrected chi connectivity index (χ0v) is 15.0. The molecule has 3 aromatic rings. The van der Waals surface area contributed by atoms with Gasteiger partial charge in [-0.15, -0.1) is 0 Å². The van der Waals surface area contributed by atoms with Gasteiger partial charge in [-0.1, -0.05) is 6.92 Å². The van der Waals surface area contributed by atoms with Gasteiger partial charge in [-0.3, -0.25) is 14.3 Å². The Kier molecular flexibility index (Phi) is 3.82. The molecule has 0 aliphatic carbocycles. The van der Waals surface area contributed by atoms with Crippen molar-refractivity contribution in [3.8, 4) is 5.75 Å². The van der Waals surface area contributed by atoms with Crippen LogP contribution in [0.4, 0.5) is 11.6 Å². The third-order valence-corrected chi connectivity index (χ3v) is 4.68. The molecule has 8 nitrogen and oxygen atoms in total. The fourth-order valence-corrected chi connectivity index (χ4v) is 3.47. The Hall–Kier alpha value is -3.03. The summed E-state index contributed by atoms with van der Waals surface area (Å²) in [7, 11) is 1.62. The second-order valence-electron chi connectivity index (χ2n) is 6.66. The van der Waals surface area contributed by atoms with E-state index in [1.54, 1.807) is 7.05 Å². The summed E-state index contributed by atoms with van der Waals surface area (Å²) >= 11 is 0. The van der Waals surface area contributed by atoms with Crippen molar-refractivity contribution in [1.29, 1.82) is 0 Å². The molecule has 0 amide bonds. The summed E-state index contributed by atoms with van der Waals surface area (Å²) in [5, 5.41) is 0. The van der Waals surface area contributed by atoms with E-state index >= 15 is 0 Å². The number of nitrogens with zero attached hydrogens (tertiary/aromatic N) is 4. The molecule has 2 aromatic heterocycles. The molecule has 1 aliphatic heterocycles. The molecule has 136 valence electrons. The molecular formula is C18H21N5O3. The molecule has 0 radical (unpaired) electrons. The van der Waals surface area contributed by atoms with Crippen LogP contribution in [0, 0.1) is 5.92 Å². The van der Waals surface area contributed by atoms with Gasteiger partial charge >= 0.3 is 5.69 Å². The van der Waals surface area contributed by atoms with Crippen LogP contribution in [0.3, 0.4) is 0 Å². The third-order valence-electron chi connectivity index (χ3n) is 4.68. The SMILES string of the molecule is CCOc1ccc(N2CC(C)Cn3c2nc2c3c(=O)[nH]c(=O)n2C)cc1. The molecule has 4 rings (SSSR count). The van der Waals surface area contributed by atoms with Crippen molar-refractivity contribution in [2.75, 3.05) is 18.1 Å². The second-order valence-corrected chi connectivity index (χ2v) is 6.66. The van der Waals surface area contributed by atoms with Gasteiger partial charge in [0.05, 0.1) is 6.61 Å². The Labute approximate surface area is 149 Å². The minimum Gasteiger partial charge on any atom is -0.494 e. The number of aryl methyl sites for hydroxylation is 1. The van der Waals surface area contributed by atoms with Crippen LogP contribution < -0.4 is 20.9 Å². The molecule has 1 N–H and O–H groups in total. The number of rotatable bonds is 3. The number of H-pyrrole nitrogens is 1. The van der Waals surface area contributed by atoms with E-state index in [9.17, 15) is 9.59 Å². The quantitative estimate of drug-likeness (QED) is 0.771. The van der Waals surface area contributed by atoms with Crippen LogP contribution in [0.5, 0.6) is 5.75 Å². The normalized spacial score (nSPS) is 16.7. The first-order valence-electron chi connectivity index (χ1n) is 8.69. The molecule has 26 heavy (non-hydrogen) atoms. The van der Waals surface area contributed by atoms with Crippen molar-refractivity contribution in [2.45, 2.75) is 20.4 Å². The maximum atomic E-state index is 12.4. The highest BCUT2D eigenvalue weighted by Crippen LogP contribution is 2.33. The summed E-state index contributed by atoms with van der Waals surface area (Å²) in [6.45, 7) is 6.16. The molecule has 1 aliphatic rings. The summed E-state index contributed by atoms with van der Waals surface area (Å²) in [4.78, 5) is 33.4. The lowest BCUT2D eigenvalue weighted by Crippen LogP contribution is -2.35. The topological polar surface area (TPSA) is 85.2 Å². The number of nitrogens with one attached hydrogen (secondary N) is 1. The summed E-state index contributed by atoms with van der Waals surface area (Å²) in [5.74, 6) is 1.81. The molecule has 0 saturated carbocycles. The Bertz CT molecular complexity index is 1080. The highest BCUT2D eigenvalue weighted by Gasteiger charge is 2.28. The van der Waals surface area contributed by atoms with Crippen LogP contribution in [0.1, 0.15) is 13.8 Å². The van der Waals surface area contributed by atoms with Gasteiger partial charge in [0.2, 0.25) is 5.95 Å². The predicted molar refractivity (Wildman–Crippen MR) is 99.4 cm³/mol. The number of hydrogen-bond acceptors (Lipinski definition) is 5. The lowest BCUT2D eigenvalue weighted by atomic mass is 10.1. The van der Waals surface area contributed by atoms with Crippen molar-refractivity contribution in [2.24, 2.45) is 13.0 Å². The largest absolute Gasteiger partial charge is 0.494 e. The smallest absolute Gasteiger partial charge is 0.329 e. The lowest BCUT2D eigenvalue weighted by Gasteiger charge is -2.33. The molecule has 8 heteroatoms. The van der Waals surface area contributed by atoms with E-state index < -0.39 is 11.2 Å². The number of imidazole rings is 1. The maximum Gasteiger partial charge on any atom is 0.329 e.